The van der Waals surface area contributed by atoms with Crippen LogP contribution >= 0.6 is 0 Å². The minimum absolute atomic E-state index is 0.0157. The van der Waals surface area contributed by atoms with Gasteiger partial charge in [0.25, 0.3) is 0 Å². The van der Waals surface area contributed by atoms with Gasteiger partial charge in [-0.05, 0) is 23.8 Å². The molecule has 0 spiro atoms. The van der Waals surface area contributed by atoms with Gasteiger partial charge >= 0.3 is 0 Å². The van der Waals surface area contributed by atoms with Gasteiger partial charge in [0, 0.05) is 5.39 Å². The summed E-state index contributed by atoms with van der Waals surface area (Å²) in [6.45, 7) is 0. The molecule has 0 saturated carbocycles. The average molecular weight is 306 g/mol. The largest absolute Gasteiger partial charge is 0.508 e. The van der Waals surface area contributed by atoms with Crippen molar-refractivity contribution in [3.8, 4) is 5.75 Å². The van der Waals surface area contributed by atoms with Gasteiger partial charge in [0.1, 0.15) is 11.3 Å². The predicted octanol–water partition coefficient (Wildman–Crippen LogP) is 3.49. The monoisotopic (exact) mass is 306 g/mol. The van der Waals surface area contributed by atoms with Crippen LogP contribution in [-0.2, 0) is 0 Å². The number of benzene rings is 2. The number of phenolic OH excluding ortho intramolecular Hbond substituents is 1. The molecule has 3 aromatic rings. The van der Waals surface area contributed by atoms with E-state index < -0.39 is 17.3 Å². The van der Waals surface area contributed by atoms with Crippen molar-refractivity contribution in [2.24, 2.45) is 0 Å². The molecule has 0 radical (unpaired) electrons. The smallest absolute Gasteiger partial charge is 0.233 e. The van der Waals surface area contributed by atoms with E-state index in [0.717, 1.165) is 0 Å². The lowest BCUT2D eigenvalue weighted by Gasteiger charge is -2.14. The number of aliphatic hydroxyl groups excluding tert-OH is 1. The zero-order chi connectivity index (χ0) is 16.1. The molecule has 1 aromatic heterocycles. The van der Waals surface area contributed by atoms with E-state index in [9.17, 15) is 19.8 Å². The van der Waals surface area contributed by atoms with E-state index in [1.807, 2.05) is 0 Å². The van der Waals surface area contributed by atoms with Crippen molar-refractivity contribution >= 4 is 28.1 Å². The fraction of sp³-hybridized carbons (Fsp3) is 0. The summed E-state index contributed by atoms with van der Waals surface area (Å²) in [6, 6.07) is 12.7. The van der Waals surface area contributed by atoms with Crippen molar-refractivity contribution in [1.29, 1.82) is 0 Å². The highest BCUT2D eigenvalue weighted by molar-refractivity contribution is 6.41. The van der Waals surface area contributed by atoms with E-state index in [1.54, 1.807) is 30.3 Å². The van der Waals surface area contributed by atoms with Crippen LogP contribution in [-0.4, -0.2) is 21.8 Å². The van der Waals surface area contributed by atoms with Crippen molar-refractivity contribution in [2.75, 3.05) is 0 Å². The SMILES string of the molecule is O=C1C(c2ccccc2)=C(O)C(=O)c2c1oc1ccc(O)cc21. The Hall–Kier alpha value is -3.34. The van der Waals surface area contributed by atoms with Crippen LogP contribution in [0.1, 0.15) is 26.5 Å². The molecule has 0 unspecified atom stereocenters. The highest BCUT2D eigenvalue weighted by Gasteiger charge is 2.38. The normalized spacial score (nSPS) is 14.4. The summed E-state index contributed by atoms with van der Waals surface area (Å²) in [5.74, 6) is -2.03. The van der Waals surface area contributed by atoms with Gasteiger partial charge < -0.3 is 14.6 Å². The van der Waals surface area contributed by atoms with Crippen LogP contribution in [0.2, 0.25) is 0 Å². The van der Waals surface area contributed by atoms with E-state index in [2.05, 4.69) is 0 Å². The van der Waals surface area contributed by atoms with E-state index >= 15 is 0 Å². The molecule has 2 N–H and O–H groups in total. The van der Waals surface area contributed by atoms with Crippen molar-refractivity contribution in [2.45, 2.75) is 0 Å². The molecule has 2 aromatic carbocycles. The van der Waals surface area contributed by atoms with Crippen LogP contribution in [0.25, 0.3) is 16.5 Å². The minimum Gasteiger partial charge on any atom is -0.508 e. The Bertz CT molecular complexity index is 1010. The quantitative estimate of drug-likeness (QED) is 0.718. The van der Waals surface area contributed by atoms with Crippen molar-refractivity contribution < 1.29 is 24.2 Å². The number of carbonyl (C=O) groups is 2. The molecule has 0 bridgehead atoms. The molecular weight excluding hydrogens is 296 g/mol. The van der Waals surface area contributed by atoms with Crippen LogP contribution in [0.3, 0.4) is 0 Å². The first kappa shape index (κ1) is 13.3. The predicted molar refractivity (Wildman–Crippen MR) is 82.5 cm³/mol. The van der Waals surface area contributed by atoms with Gasteiger partial charge in [0.2, 0.25) is 11.6 Å². The summed E-state index contributed by atoms with van der Waals surface area (Å²) in [5, 5.41) is 20.1. The number of ketones is 2. The summed E-state index contributed by atoms with van der Waals surface area (Å²) in [7, 11) is 0. The number of fused-ring (bicyclic) bond motifs is 3. The summed E-state index contributed by atoms with van der Waals surface area (Å²) in [6.07, 6.45) is 0. The van der Waals surface area contributed by atoms with Crippen molar-refractivity contribution in [3.05, 3.63) is 71.2 Å². The van der Waals surface area contributed by atoms with Gasteiger partial charge in [0.05, 0.1) is 11.1 Å². The number of carbonyl (C=O) groups excluding carboxylic acids is 2. The Morgan fingerprint density at radius 2 is 1.61 bits per heavy atom. The maximum atomic E-state index is 12.7. The first-order chi connectivity index (χ1) is 11.1. The number of aromatic hydroxyl groups is 1. The highest BCUT2D eigenvalue weighted by atomic mass is 16.3. The number of allylic oxidation sites excluding steroid dienone is 2. The molecule has 5 nitrogen and oxygen atoms in total. The van der Waals surface area contributed by atoms with E-state index in [0.29, 0.717) is 16.5 Å². The molecule has 1 aliphatic carbocycles. The van der Waals surface area contributed by atoms with Gasteiger partial charge in [-0.2, -0.15) is 0 Å². The van der Waals surface area contributed by atoms with Gasteiger partial charge in [-0.25, -0.2) is 0 Å². The van der Waals surface area contributed by atoms with Gasteiger partial charge in [-0.1, -0.05) is 30.3 Å². The Morgan fingerprint density at radius 1 is 0.870 bits per heavy atom. The first-order valence-corrected chi connectivity index (χ1v) is 6.91. The third-order valence-electron chi connectivity index (χ3n) is 3.85. The van der Waals surface area contributed by atoms with Crippen LogP contribution in [0, 0.1) is 0 Å². The summed E-state index contributed by atoms with van der Waals surface area (Å²) in [5.41, 5.74) is 0.651. The maximum absolute atomic E-state index is 12.7. The molecular formula is C18H10O5. The standard InChI is InChI=1S/C18H10O5/c19-10-6-7-12-11(8-10)14-16(21)15(20)13(17(22)18(14)23-12)9-4-2-1-3-5-9/h1-8,19-20H. The molecule has 1 aliphatic rings. The Kier molecular flexibility index (Phi) is 2.65. The molecule has 0 fully saturated rings. The van der Waals surface area contributed by atoms with Gasteiger partial charge in [-0.3, -0.25) is 9.59 Å². The molecule has 0 atom stereocenters. The fourth-order valence-corrected chi connectivity index (χ4v) is 2.80. The lowest BCUT2D eigenvalue weighted by molar-refractivity contribution is 0.0937. The molecule has 4 rings (SSSR count). The van der Waals surface area contributed by atoms with E-state index in [4.69, 9.17) is 4.42 Å². The van der Waals surface area contributed by atoms with E-state index in [1.165, 1.54) is 18.2 Å². The molecule has 1 heterocycles. The molecule has 5 heteroatoms. The third-order valence-corrected chi connectivity index (χ3v) is 3.85. The molecule has 112 valence electrons. The molecule has 0 saturated heterocycles. The fourth-order valence-electron chi connectivity index (χ4n) is 2.80. The lowest BCUT2D eigenvalue weighted by atomic mass is 9.88. The maximum Gasteiger partial charge on any atom is 0.233 e. The van der Waals surface area contributed by atoms with Crippen LogP contribution in [0.15, 0.2) is 58.7 Å². The summed E-state index contributed by atoms with van der Waals surface area (Å²) < 4.78 is 5.50. The Labute approximate surface area is 130 Å². The molecule has 0 aliphatic heterocycles. The van der Waals surface area contributed by atoms with Crippen LogP contribution in [0.4, 0.5) is 0 Å². The molecule has 0 amide bonds. The molecule has 23 heavy (non-hydrogen) atoms. The Morgan fingerprint density at radius 3 is 2.35 bits per heavy atom. The zero-order valence-corrected chi connectivity index (χ0v) is 11.7. The summed E-state index contributed by atoms with van der Waals surface area (Å²) >= 11 is 0. The number of furan rings is 1. The topological polar surface area (TPSA) is 87.7 Å². The average Bonchev–Trinajstić information content (AvgIpc) is 2.93. The third kappa shape index (κ3) is 1.80. The number of aliphatic hydroxyl groups is 1. The Balaban J connectivity index is 2.01. The number of hydrogen-bond acceptors (Lipinski definition) is 5. The van der Waals surface area contributed by atoms with Crippen molar-refractivity contribution in [3.63, 3.8) is 0 Å². The second-order valence-corrected chi connectivity index (χ2v) is 5.23. The minimum atomic E-state index is -0.692. The number of Topliss-reactive ketones (excluding diaryl/α,β-unsaturated/α-hetero) is 2. The van der Waals surface area contributed by atoms with E-state index in [-0.39, 0.29) is 22.6 Å². The van der Waals surface area contributed by atoms with Crippen molar-refractivity contribution in [1.82, 2.24) is 0 Å². The second-order valence-electron chi connectivity index (χ2n) is 5.23. The second kappa shape index (κ2) is 4.58. The number of rotatable bonds is 1. The van der Waals surface area contributed by atoms with Gasteiger partial charge in [0.15, 0.2) is 11.5 Å². The van der Waals surface area contributed by atoms with Crippen LogP contribution < -0.4 is 0 Å². The van der Waals surface area contributed by atoms with Crippen LogP contribution in [0.5, 0.6) is 5.75 Å². The number of hydrogen-bond donors (Lipinski definition) is 2. The summed E-state index contributed by atoms with van der Waals surface area (Å²) in [4.78, 5) is 25.2. The first-order valence-electron chi connectivity index (χ1n) is 6.91. The number of phenols is 1. The highest BCUT2D eigenvalue weighted by Crippen LogP contribution is 2.38. The lowest BCUT2D eigenvalue weighted by Crippen LogP contribution is -2.19. The zero-order valence-electron chi connectivity index (χ0n) is 11.7. The van der Waals surface area contributed by atoms with Gasteiger partial charge in [-0.15, -0.1) is 0 Å².